The van der Waals surface area contributed by atoms with Gasteiger partial charge < -0.3 is 5.32 Å². The second-order valence-corrected chi connectivity index (χ2v) is 9.18. The lowest BCUT2D eigenvalue weighted by atomic mass is 9.95. The van der Waals surface area contributed by atoms with E-state index in [1.165, 1.54) is 30.4 Å². The van der Waals surface area contributed by atoms with E-state index in [-0.39, 0.29) is 23.9 Å². The van der Waals surface area contributed by atoms with Crippen LogP contribution in [0.1, 0.15) is 49.7 Å². The lowest BCUT2D eigenvalue weighted by Crippen LogP contribution is -2.37. The highest BCUT2D eigenvalue weighted by molar-refractivity contribution is 7.98. The number of carbonyl (C=O) groups is 1. The zero-order valence-corrected chi connectivity index (χ0v) is 18.8. The summed E-state index contributed by atoms with van der Waals surface area (Å²) in [6, 6.07) is 15.9. The Bertz CT molecular complexity index is 1120. The number of aryl methyl sites for hydroxylation is 1. The normalized spacial score (nSPS) is 14.6. The Morgan fingerprint density at radius 1 is 1.10 bits per heavy atom. The van der Waals surface area contributed by atoms with Crippen LogP contribution in [-0.4, -0.2) is 21.5 Å². The Balaban J connectivity index is 1.54. The van der Waals surface area contributed by atoms with Gasteiger partial charge in [0, 0.05) is 24.8 Å². The van der Waals surface area contributed by atoms with Crippen molar-refractivity contribution in [2.45, 2.75) is 68.9 Å². The number of nitrogens with one attached hydrogen (secondary N) is 1. The van der Waals surface area contributed by atoms with Gasteiger partial charge in [0.25, 0.3) is 5.56 Å². The van der Waals surface area contributed by atoms with Crippen LogP contribution >= 0.6 is 11.8 Å². The number of benzene rings is 2. The Morgan fingerprint density at radius 2 is 1.84 bits per heavy atom. The van der Waals surface area contributed by atoms with Crippen LogP contribution in [0.2, 0.25) is 0 Å². The second-order valence-electron chi connectivity index (χ2n) is 8.24. The van der Waals surface area contributed by atoms with Gasteiger partial charge in [0.05, 0.1) is 10.9 Å². The first-order valence-electron chi connectivity index (χ1n) is 11.1. The Hall–Kier alpha value is -2.60. The van der Waals surface area contributed by atoms with Gasteiger partial charge in [-0.2, -0.15) is 0 Å². The molecule has 1 fully saturated rings. The number of para-hydroxylation sites is 1. The molecule has 2 aromatic carbocycles. The number of thioether (sulfide) groups is 1. The average molecular weight is 436 g/mol. The van der Waals surface area contributed by atoms with E-state index in [2.05, 4.69) is 24.4 Å². The summed E-state index contributed by atoms with van der Waals surface area (Å²) < 4.78 is 1.67. The van der Waals surface area contributed by atoms with E-state index in [4.69, 9.17) is 4.98 Å². The van der Waals surface area contributed by atoms with Crippen LogP contribution in [0.4, 0.5) is 0 Å². The zero-order chi connectivity index (χ0) is 21.6. The number of aromatic nitrogens is 2. The number of carbonyl (C=O) groups excluding carboxylic acids is 1. The molecule has 0 unspecified atom stereocenters. The molecule has 162 valence electrons. The number of amides is 1. The van der Waals surface area contributed by atoms with E-state index in [1.54, 1.807) is 22.4 Å². The van der Waals surface area contributed by atoms with E-state index in [0.29, 0.717) is 22.6 Å². The maximum absolute atomic E-state index is 13.2. The van der Waals surface area contributed by atoms with Crippen LogP contribution in [-0.2, 0) is 17.1 Å². The van der Waals surface area contributed by atoms with Crippen LogP contribution in [0, 0.1) is 6.92 Å². The predicted octanol–water partition coefficient (Wildman–Crippen LogP) is 4.84. The molecule has 0 radical (unpaired) electrons. The minimum Gasteiger partial charge on any atom is -0.353 e. The molecule has 1 heterocycles. The van der Waals surface area contributed by atoms with E-state index < -0.39 is 0 Å². The fourth-order valence-electron chi connectivity index (χ4n) is 4.13. The lowest BCUT2D eigenvalue weighted by molar-refractivity contribution is -0.122. The first kappa shape index (κ1) is 21.6. The molecule has 0 atom stereocenters. The van der Waals surface area contributed by atoms with Crippen LogP contribution in [0.5, 0.6) is 0 Å². The second kappa shape index (κ2) is 10.1. The lowest BCUT2D eigenvalue weighted by Gasteiger charge is -2.23. The summed E-state index contributed by atoms with van der Waals surface area (Å²) in [5.74, 6) is 0.743. The number of rotatable bonds is 7. The first-order valence-corrected chi connectivity index (χ1v) is 12.1. The molecular formula is C25H29N3O2S. The molecule has 1 amide bonds. The molecule has 0 bridgehead atoms. The number of fused-ring (bicyclic) bond motifs is 1. The first-order chi connectivity index (χ1) is 15.1. The third kappa shape index (κ3) is 5.37. The largest absolute Gasteiger partial charge is 0.353 e. The summed E-state index contributed by atoms with van der Waals surface area (Å²) in [7, 11) is 0. The molecule has 3 aromatic rings. The molecule has 1 aliphatic rings. The van der Waals surface area contributed by atoms with Gasteiger partial charge in [-0.1, -0.05) is 67.4 Å². The van der Waals surface area contributed by atoms with Crippen molar-refractivity contribution in [2.24, 2.45) is 0 Å². The summed E-state index contributed by atoms with van der Waals surface area (Å²) in [5.41, 5.74) is 3.05. The topological polar surface area (TPSA) is 64.0 Å². The molecule has 0 saturated heterocycles. The molecule has 31 heavy (non-hydrogen) atoms. The highest BCUT2D eigenvalue weighted by atomic mass is 32.2. The van der Waals surface area contributed by atoms with Crippen molar-refractivity contribution in [3.63, 3.8) is 0 Å². The summed E-state index contributed by atoms with van der Waals surface area (Å²) in [5, 5.41) is 4.41. The maximum atomic E-state index is 13.2. The van der Waals surface area contributed by atoms with Gasteiger partial charge >= 0.3 is 0 Å². The quantitative estimate of drug-likeness (QED) is 0.426. The summed E-state index contributed by atoms with van der Waals surface area (Å²) in [6.45, 7) is 2.43. The molecule has 0 spiro atoms. The molecule has 4 rings (SSSR count). The minimum atomic E-state index is -0.0802. The van der Waals surface area contributed by atoms with Gasteiger partial charge in [0.1, 0.15) is 0 Å². The summed E-state index contributed by atoms with van der Waals surface area (Å²) in [4.78, 5) is 30.5. The Morgan fingerprint density at radius 3 is 2.65 bits per heavy atom. The van der Waals surface area contributed by atoms with E-state index in [0.717, 1.165) is 18.6 Å². The third-order valence-electron chi connectivity index (χ3n) is 5.98. The maximum Gasteiger partial charge on any atom is 0.262 e. The fraction of sp³-hybridized carbons (Fsp3) is 0.400. The van der Waals surface area contributed by atoms with Crippen LogP contribution in [0.15, 0.2) is 58.5 Å². The highest BCUT2D eigenvalue weighted by Gasteiger charge is 2.17. The van der Waals surface area contributed by atoms with E-state index in [1.807, 2.05) is 30.3 Å². The van der Waals surface area contributed by atoms with Crippen molar-refractivity contribution in [3.8, 4) is 0 Å². The van der Waals surface area contributed by atoms with Gasteiger partial charge in [-0.25, -0.2) is 4.98 Å². The monoisotopic (exact) mass is 435 g/mol. The minimum absolute atomic E-state index is 0.0156. The van der Waals surface area contributed by atoms with Crippen molar-refractivity contribution in [1.29, 1.82) is 0 Å². The van der Waals surface area contributed by atoms with Gasteiger partial charge in [0.2, 0.25) is 5.91 Å². The smallest absolute Gasteiger partial charge is 0.262 e. The van der Waals surface area contributed by atoms with Gasteiger partial charge in [0.15, 0.2) is 5.16 Å². The van der Waals surface area contributed by atoms with Gasteiger partial charge in [-0.3, -0.25) is 14.2 Å². The standard InChI is InChI=1S/C25H29N3O2S/c1-18-9-5-6-10-19(18)17-31-25-27-22-14-8-7-13-21(22)24(30)28(25)16-15-23(29)26-20-11-3-2-4-12-20/h5-10,13-14,20H,2-4,11-12,15-17H2,1H3,(H,26,29). The third-order valence-corrected chi connectivity index (χ3v) is 7.00. The zero-order valence-electron chi connectivity index (χ0n) is 18.0. The summed E-state index contributed by atoms with van der Waals surface area (Å²) >= 11 is 1.55. The molecule has 1 aromatic heterocycles. The van der Waals surface area contributed by atoms with Crippen molar-refractivity contribution in [3.05, 3.63) is 70.0 Å². The Kier molecular flexibility index (Phi) is 7.07. The molecule has 0 aliphatic heterocycles. The van der Waals surface area contributed by atoms with Crippen LogP contribution < -0.4 is 10.9 Å². The molecule has 5 nitrogen and oxygen atoms in total. The molecule has 1 saturated carbocycles. The molecule has 6 heteroatoms. The van der Waals surface area contributed by atoms with Crippen molar-refractivity contribution in [1.82, 2.24) is 14.9 Å². The number of hydrogen-bond donors (Lipinski definition) is 1. The van der Waals surface area contributed by atoms with Crippen molar-refractivity contribution < 1.29 is 4.79 Å². The van der Waals surface area contributed by atoms with Crippen LogP contribution in [0.25, 0.3) is 10.9 Å². The summed E-state index contributed by atoms with van der Waals surface area (Å²) in [6.07, 6.45) is 6.01. The fourth-order valence-corrected chi connectivity index (χ4v) is 5.23. The van der Waals surface area contributed by atoms with Gasteiger partial charge in [-0.15, -0.1) is 0 Å². The van der Waals surface area contributed by atoms with Gasteiger partial charge in [-0.05, 0) is 43.0 Å². The number of hydrogen-bond acceptors (Lipinski definition) is 4. The van der Waals surface area contributed by atoms with E-state index >= 15 is 0 Å². The van der Waals surface area contributed by atoms with Crippen molar-refractivity contribution in [2.75, 3.05) is 0 Å². The number of nitrogens with zero attached hydrogens (tertiary/aromatic N) is 2. The van der Waals surface area contributed by atoms with Crippen molar-refractivity contribution >= 4 is 28.6 Å². The Labute approximate surface area is 187 Å². The molecule has 1 N–H and O–H groups in total. The molecular weight excluding hydrogens is 406 g/mol. The average Bonchev–Trinajstić information content (AvgIpc) is 2.79. The molecule has 1 aliphatic carbocycles. The highest BCUT2D eigenvalue weighted by Crippen LogP contribution is 2.24. The van der Waals surface area contributed by atoms with E-state index in [9.17, 15) is 9.59 Å². The SMILES string of the molecule is Cc1ccccc1CSc1nc2ccccc2c(=O)n1CCC(=O)NC1CCCCC1. The van der Waals surface area contributed by atoms with Crippen LogP contribution in [0.3, 0.4) is 0 Å². The predicted molar refractivity (Wildman–Crippen MR) is 126 cm³/mol.